The Kier molecular flexibility index (Phi) is 6.05. The molecule has 7 nitrogen and oxygen atoms in total. The van der Waals surface area contributed by atoms with E-state index in [1.807, 2.05) is 56.3 Å². The number of ketones is 1. The van der Waals surface area contributed by atoms with Gasteiger partial charge < -0.3 is 10.2 Å². The van der Waals surface area contributed by atoms with Gasteiger partial charge in [0.15, 0.2) is 10.9 Å². The molecular formula is C30H23N3O4S2. The lowest BCUT2D eigenvalue weighted by molar-refractivity contribution is -0.117. The van der Waals surface area contributed by atoms with Crippen LogP contribution in [0.25, 0.3) is 20.8 Å². The second-order valence-electron chi connectivity index (χ2n) is 9.46. The predicted molar refractivity (Wildman–Crippen MR) is 154 cm³/mol. The molecule has 1 atom stereocenters. The van der Waals surface area contributed by atoms with Crippen LogP contribution in [0.15, 0.2) is 78.1 Å². The normalized spacial score (nSPS) is 15.5. The van der Waals surface area contributed by atoms with E-state index in [0.717, 1.165) is 26.9 Å². The van der Waals surface area contributed by atoms with Gasteiger partial charge in [0, 0.05) is 5.56 Å². The monoisotopic (exact) mass is 553 g/mol. The standard InChI is InChI=1S/C30H23N3O4S2/c1-15-13-21-22(14-16(15)2)38-30(32-21)33-24(18-9-11-20(34)12-10-18)23(26(36)29(33)37)25(35)27-17(3)31-28(39-27)19-7-5-4-6-8-19/h4-14,24,34,36H,1-3H3. The van der Waals surface area contributed by atoms with Crippen LogP contribution < -0.4 is 4.90 Å². The summed E-state index contributed by atoms with van der Waals surface area (Å²) in [5.74, 6) is -1.73. The molecule has 1 amide bonds. The fraction of sp³-hybridized carbons (Fsp3) is 0.133. The Hall–Kier alpha value is -4.34. The average Bonchev–Trinajstić information content (AvgIpc) is 3.59. The number of nitrogens with zero attached hydrogens (tertiary/aromatic N) is 3. The molecule has 0 bridgehead atoms. The van der Waals surface area contributed by atoms with Crippen molar-refractivity contribution in [2.24, 2.45) is 0 Å². The number of aromatic hydroxyl groups is 1. The summed E-state index contributed by atoms with van der Waals surface area (Å²) in [6, 6.07) is 18.9. The largest absolute Gasteiger partial charge is 0.508 e. The highest BCUT2D eigenvalue weighted by Gasteiger charge is 2.46. The minimum atomic E-state index is -0.935. The van der Waals surface area contributed by atoms with Gasteiger partial charge in [-0.25, -0.2) is 9.97 Å². The van der Waals surface area contributed by atoms with Gasteiger partial charge in [-0.05, 0) is 61.7 Å². The number of phenolic OH excluding ortho intramolecular Hbond substituents is 1. The van der Waals surface area contributed by atoms with Crippen LogP contribution in [0, 0.1) is 20.8 Å². The van der Waals surface area contributed by atoms with Gasteiger partial charge in [0.1, 0.15) is 10.8 Å². The number of thiazole rings is 2. The van der Waals surface area contributed by atoms with Gasteiger partial charge in [-0.3, -0.25) is 14.5 Å². The molecule has 0 fully saturated rings. The van der Waals surface area contributed by atoms with Gasteiger partial charge in [-0.2, -0.15) is 0 Å². The Balaban J connectivity index is 1.48. The lowest BCUT2D eigenvalue weighted by atomic mass is 9.95. The molecule has 39 heavy (non-hydrogen) atoms. The topological polar surface area (TPSA) is 104 Å². The molecule has 1 aliphatic heterocycles. The van der Waals surface area contributed by atoms with Crippen LogP contribution in [0.4, 0.5) is 5.13 Å². The van der Waals surface area contributed by atoms with Crippen molar-refractivity contribution in [3.05, 3.63) is 105 Å². The third-order valence-electron chi connectivity index (χ3n) is 6.88. The number of aryl methyl sites for hydroxylation is 3. The smallest absolute Gasteiger partial charge is 0.296 e. The van der Waals surface area contributed by atoms with Crippen LogP contribution in [-0.2, 0) is 4.79 Å². The molecule has 1 aliphatic rings. The van der Waals surface area contributed by atoms with E-state index < -0.39 is 23.5 Å². The number of fused-ring (bicyclic) bond motifs is 1. The maximum atomic E-state index is 14.1. The van der Waals surface area contributed by atoms with E-state index in [-0.39, 0.29) is 11.3 Å². The summed E-state index contributed by atoms with van der Waals surface area (Å²) in [4.78, 5) is 38.7. The summed E-state index contributed by atoms with van der Waals surface area (Å²) in [6.45, 7) is 5.76. The molecule has 3 aromatic carbocycles. The van der Waals surface area contributed by atoms with Gasteiger partial charge in [0.2, 0.25) is 5.78 Å². The van der Waals surface area contributed by atoms with Crippen molar-refractivity contribution in [2.45, 2.75) is 26.8 Å². The number of aliphatic hydroxyl groups is 1. The second kappa shape index (κ2) is 9.44. The van der Waals surface area contributed by atoms with Crippen LogP contribution in [0.2, 0.25) is 0 Å². The van der Waals surface area contributed by atoms with Crippen LogP contribution in [0.3, 0.4) is 0 Å². The second-order valence-corrected chi connectivity index (χ2v) is 11.5. The van der Waals surface area contributed by atoms with Gasteiger partial charge >= 0.3 is 0 Å². The Morgan fingerprint density at radius 2 is 1.59 bits per heavy atom. The fourth-order valence-corrected chi connectivity index (χ4v) is 6.81. The number of carbonyl (C=O) groups excluding carboxylic acids is 2. The quantitative estimate of drug-likeness (QED) is 0.231. The van der Waals surface area contributed by atoms with E-state index in [0.29, 0.717) is 26.3 Å². The summed E-state index contributed by atoms with van der Waals surface area (Å²) in [5, 5.41) is 22.1. The van der Waals surface area contributed by atoms with Crippen LogP contribution in [0.5, 0.6) is 5.75 Å². The SMILES string of the molecule is Cc1cc2nc(N3C(=O)C(O)=C(C(=O)c4sc(-c5ccccc5)nc4C)C3c3ccc(O)cc3)sc2cc1C. The van der Waals surface area contributed by atoms with Gasteiger partial charge in [0.25, 0.3) is 5.91 Å². The van der Waals surface area contributed by atoms with Crippen molar-refractivity contribution in [3.8, 4) is 16.3 Å². The third-order valence-corrected chi connectivity index (χ3v) is 9.11. The highest BCUT2D eigenvalue weighted by Crippen LogP contribution is 2.45. The van der Waals surface area contributed by atoms with E-state index in [1.165, 1.54) is 39.7 Å². The number of benzene rings is 3. The number of rotatable bonds is 5. The van der Waals surface area contributed by atoms with Crippen molar-refractivity contribution < 1.29 is 19.8 Å². The van der Waals surface area contributed by atoms with Crippen LogP contribution in [0.1, 0.15) is 38.1 Å². The van der Waals surface area contributed by atoms with E-state index in [1.54, 1.807) is 19.1 Å². The van der Waals surface area contributed by atoms with E-state index in [9.17, 15) is 19.8 Å². The Morgan fingerprint density at radius 3 is 2.31 bits per heavy atom. The van der Waals surface area contributed by atoms with Gasteiger partial charge in [0.05, 0.1) is 32.4 Å². The highest BCUT2D eigenvalue weighted by atomic mass is 32.1. The first-order valence-electron chi connectivity index (χ1n) is 12.2. The van der Waals surface area contributed by atoms with E-state index >= 15 is 0 Å². The number of anilines is 1. The molecule has 9 heteroatoms. The lowest BCUT2D eigenvalue weighted by Gasteiger charge is -2.24. The molecule has 0 saturated carbocycles. The number of Topliss-reactive ketones (excluding diaryl/α,β-unsaturated/α-hetero) is 1. The molecule has 0 radical (unpaired) electrons. The summed E-state index contributed by atoms with van der Waals surface area (Å²) in [7, 11) is 0. The van der Waals surface area contributed by atoms with Crippen molar-refractivity contribution in [2.75, 3.05) is 4.90 Å². The zero-order valence-corrected chi connectivity index (χ0v) is 22.9. The Labute approximate surface area is 232 Å². The van der Waals surface area contributed by atoms with Crippen molar-refractivity contribution in [1.29, 1.82) is 0 Å². The number of phenols is 1. The maximum absolute atomic E-state index is 14.1. The molecule has 3 heterocycles. The first-order chi connectivity index (χ1) is 18.7. The molecule has 194 valence electrons. The first-order valence-corrected chi connectivity index (χ1v) is 13.9. The van der Waals surface area contributed by atoms with Crippen LogP contribution in [-0.4, -0.2) is 31.9 Å². The molecule has 0 aliphatic carbocycles. The number of aromatic nitrogens is 2. The van der Waals surface area contributed by atoms with Gasteiger partial charge in [-0.1, -0.05) is 53.8 Å². The predicted octanol–water partition coefficient (Wildman–Crippen LogP) is 6.83. The molecule has 0 saturated heterocycles. The number of aliphatic hydroxyl groups excluding tert-OH is 1. The van der Waals surface area contributed by atoms with Gasteiger partial charge in [-0.15, -0.1) is 11.3 Å². The molecule has 6 rings (SSSR count). The Morgan fingerprint density at radius 1 is 0.897 bits per heavy atom. The lowest BCUT2D eigenvalue weighted by Crippen LogP contribution is -2.30. The zero-order chi connectivity index (χ0) is 27.4. The molecular weight excluding hydrogens is 530 g/mol. The number of amides is 1. The molecule has 1 unspecified atom stereocenters. The number of carbonyl (C=O) groups is 2. The van der Waals surface area contributed by atoms with E-state index in [2.05, 4.69) is 4.98 Å². The summed E-state index contributed by atoms with van der Waals surface area (Å²) in [6.07, 6.45) is 0. The average molecular weight is 554 g/mol. The van der Waals surface area contributed by atoms with E-state index in [4.69, 9.17) is 4.98 Å². The molecule has 0 spiro atoms. The van der Waals surface area contributed by atoms with Crippen molar-refractivity contribution >= 4 is 49.7 Å². The third kappa shape index (κ3) is 4.20. The van der Waals surface area contributed by atoms with Crippen molar-refractivity contribution in [3.63, 3.8) is 0 Å². The summed E-state index contributed by atoms with van der Waals surface area (Å²) >= 11 is 2.55. The minimum Gasteiger partial charge on any atom is -0.508 e. The van der Waals surface area contributed by atoms with Crippen molar-refractivity contribution in [1.82, 2.24) is 9.97 Å². The first kappa shape index (κ1) is 25.0. The Bertz CT molecular complexity index is 1760. The fourth-order valence-electron chi connectivity index (χ4n) is 4.71. The maximum Gasteiger partial charge on any atom is 0.296 e. The zero-order valence-electron chi connectivity index (χ0n) is 21.3. The summed E-state index contributed by atoms with van der Waals surface area (Å²) < 4.78 is 0.899. The molecule has 5 aromatic rings. The summed E-state index contributed by atoms with van der Waals surface area (Å²) in [5.41, 5.74) is 4.84. The molecule has 2 N–H and O–H groups in total. The minimum absolute atomic E-state index is 0.0383. The highest BCUT2D eigenvalue weighted by molar-refractivity contribution is 7.22. The molecule has 2 aromatic heterocycles. The van der Waals surface area contributed by atoms with Crippen LogP contribution >= 0.6 is 22.7 Å². The number of hydrogen-bond acceptors (Lipinski definition) is 8. The number of hydrogen-bond donors (Lipinski definition) is 2.